The van der Waals surface area contributed by atoms with E-state index in [-0.39, 0.29) is 17.4 Å². The van der Waals surface area contributed by atoms with Crippen molar-refractivity contribution in [2.24, 2.45) is 11.8 Å². The summed E-state index contributed by atoms with van der Waals surface area (Å²) in [7, 11) is 0. The third-order valence-electron chi connectivity index (χ3n) is 4.47. The molecule has 1 fully saturated rings. The number of hydrogen-bond donors (Lipinski definition) is 1. The van der Waals surface area contributed by atoms with Gasteiger partial charge in [0.1, 0.15) is 0 Å². The van der Waals surface area contributed by atoms with Crippen molar-refractivity contribution < 1.29 is 4.79 Å². The molecule has 1 saturated heterocycles. The van der Waals surface area contributed by atoms with Crippen molar-refractivity contribution in [1.82, 2.24) is 10.2 Å². The van der Waals surface area contributed by atoms with E-state index in [9.17, 15) is 4.79 Å². The van der Waals surface area contributed by atoms with Gasteiger partial charge < -0.3 is 10.2 Å². The molecule has 0 radical (unpaired) electrons. The van der Waals surface area contributed by atoms with E-state index < -0.39 is 0 Å². The first-order valence-corrected chi connectivity index (χ1v) is 7.31. The van der Waals surface area contributed by atoms with Crippen LogP contribution in [0.2, 0.25) is 0 Å². The highest BCUT2D eigenvalue weighted by atomic mass is 16.2. The van der Waals surface area contributed by atoms with Gasteiger partial charge in [-0.05, 0) is 39.5 Å². The van der Waals surface area contributed by atoms with Crippen LogP contribution in [-0.4, -0.2) is 35.5 Å². The topological polar surface area (TPSA) is 32.3 Å². The molecule has 1 aliphatic rings. The van der Waals surface area contributed by atoms with Crippen molar-refractivity contribution in [3.8, 4) is 0 Å². The molecule has 0 aromatic carbocycles. The molecular weight excluding hydrogens is 224 g/mol. The highest BCUT2D eigenvalue weighted by Crippen LogP contribution is 2.24. The monoisotopic (exact) mass is 254 g/mol. The van der Waals surface area contributed by atoms with Crippen LogP contribution in [0, 0.1) is 11.8 Å². The van der Waals surface area contributed by atoms with E-state index in [4.69, 9.17) is 0 Å². The fourth-order valence-corrected chi connectivity index (χ4v) is 2.37. The minimum atomic E-state index is -0.00831. The van der Waals surface area contributed by atoms with Crippen molar-refractivity contribution in [3.05, 3.63) is 0 Å². The maximum atomic E-state index is 12.1. The average molecular weight is 254 g/mol. The molecule has 106 valence electrons. The third-order valence-corrected chi connectivity index (χ3v) is 4.47. The maximum absolute atomic E-state index is 12.1. The predicted octanol–water partition coefficient (Wildman–Crippen LogP) is 2.66. The Kier molecular flexibility index (Phi) is 5.20. The molecule has 1 rings (SSSR count). The maximum Gasteiger partial charge on any atom is 0.223 e. The van der Waals surface area contributed by atoms with Crippen LogP contribution in [0.1, 0.15) is 54.4 Å². The van der Waals surface area contributed by atoms with E-state index in [0.717, 1.165) is 25.9 Å². The van der Waals surface area contributed by atoms with Crippen LogP contribution >= 0.6 is 0 Å². The lowest BCUT2D eigenvalue weighted by Crippen LogP contribution is -2.55. The van der Waals surface area contributed by atoms with E-state index in [0.29, 0.717) is 12.0 Å². The van der Waals surface area contributed by atoms with Gasteiger partial charge in [0.2, 0.25) is 5.91 Å². The highest BCUT2D eigenvalue weighted by Gasteiger charge is 2.33. The molecule has 1 unspecified atom stereocenters. The number of rotatable bonds is 4. The van der Waals surface area contributed by atoms with Gasteiger partial charge in [0.25, 0.3) is 0 Å². The Morgan fingerprint density at radius 2 is 1.61 bits per heavy atom. The zero-order valence-corrected chi connectivity index (χ0v) is 12.9. The van der Waals surface area contributed by atoms with Gasteiger partial charge in [-0.25, -0.2) is 0 Å². The number of carbonyl (C=O) groups excluding carboxylic acids is 1. The lowest BCUT2D eigenvalue weighted by Gasteiger charge is -2.42. The van der Waals surface area contributed by atoms with E-state index in [2.05, 4.69) is 44.8 Å². The Hall–Kier alpha value is -0.570. The minimum absolute atomic E-state index is 0.00831. The molecule has 0 bridgehead atoms. The minimum Gasteiger partial charge on any atom is -0.351 e. The van der Waals surface area contributed by atoms with Gasteiger partial charge >= 0.3 is 0 Å². The summed E-state index contributed by atoms with van der Waals surface area (Å²) < 4.78 is 0. The number of amides is 1. The largest absolute Gasteiger partial charge is 0.351 e. The van der Waals surface area contributed by atoms with Gasteiger partial charge in [0.05, 0.1) is 0 Å². The molecule has 18 heavy (non-hydrogen) atoms. The number of nitrogens with one attached hydrogen (secondary N) is 1. The Balaban J connectivity index is 2.50. The number of carbonyl (C=O) groups is 1. The highest BCUT2D eigenvalue weighted by molar-refractivity contribution is 5.79. The van der Waals surface area contributed by atoms with Crippen LogP contribution in [0.4, 0.5) is 0 Å². The first-order valence-electron chi connectivity index (χ1n) is 7.31. The fraction of sp³-hybridized carbons (Fsp3) is 0.933. The summed E-state index contributed by atoms with van der Waals surface area (Å²) in [5.41, 5.74) is -0.00831. The van der Waals surface area contributed by atoms with E-state index in [1.165, 1.54) is 0 Å². The molecule has 1 heterocycles. The molecule has 1 atom stereocenters. The molecule has 1 amide bonds. The second-order valence-corrected chi connectivity index (χ2v) is 6.71. The van der Waals surface area contributed by atoms with Gasteiger partial charge in [-0.15, -0.1) is 0 Å². The van der Waals surface area contributed by atoms with Crippen LogP contribution < -0.4 is 5.32 Å². The van der Waals surface area contributed by atoms with E-state index in [1.54, 1.807) is 0 Å². The summed E-state index contributed by atoms with van der Waals surface area (Å²) >= 11 is 0. The Morgan fingerprint density at radius 1 is 1.11 bits per heavy atom. The summed E-state index contributed by atoms with van der Waals surface area (Å²) in [5.74, 6) is 0.722. The smallest absolute Gasteiger partial charge is 0.223 e. The first-order chi connectivity index (χ1) is 8.25. The molecular formula is C15H30N2O. The SMILES string of the molecule is CC(C)C(C)C(=O)NC1(C)CCN(C(C)C)CC1. The number of piperidine rings is 1. The standard InChI is InChI=1S/C15H30N2O/c1-11(2)13(5)14(18)16-15(6)7-9-17(10-8-15)12(3)4/h11-13H,7-10H2,1-6H3,(H,16,18). The van der Waals surface area contributed by atoms with E-state index in [1.807, 2.05) is 6.92 Å². The normalized spacial score (nSPS) is 22.2. The number of hydrogen-bond acceptors (Lipinski definition) is 2. The summed E-state index contributed by atoms with van der Waals surface area (Å²) in [6.07, 6.45) is 2.11. The molecule has 0 saturated carbocycles. The molecule has 0 aliphatic carbocycles. The summed E-state index contributed by atoms with van der Waals surface area (Å²) in [6, 6.07) is 0.611. The quantitative estimate of drug-likeness (QED) is 0.836. The van der Waals surface area contributed by atoms with Crippen molar-refractivity contribution in [1.29, 1.82) is 0 Å². The van der Waals surface area contributed by atoms with Crippen molar-refractivity contribution in [2.75, 3.05) is 13.1 Å². The van der Waals surface area contributed by atoms with Crippen molar-refractivity contribution in [3.63, 3.8) is 0 Å². The second-order valence-electron chi connectivity index (χ2n) is 6.71. The molecule has 3 nitrogen and oxygen atoms in total. The van der Waals surface area contributed by atoms with Crippen LogP contribution in [0.25, 0.3) is 0 Å². The van der Waals surface area contributed by atoms with Crippen LogP contribution in [0.15, 0.2) is 0 Å². The number of likely N-dealkylation sites (tertiary alicyclic amines) is 1. The van der Waals surface area contributed by atoms with Crippen molar-refractivity contribution >= 4 is 5.91 Å². The lowest BCUT2D eigenvalue weighted by atomic mass is 9.87. The molecule has 1 N–H and O–H groups in total. The summed E-state index contributed by atoms with van der Waals surface area (Å²) in [5, 5.41) is 3.27. The Labute approximate surface area is 112 Å². The Bertz CT molecular complexity index is 278. The zero-order valence-electron chi connectivity index (χ0n) is 12.9. The number of nitrogens with zero attached hydrogens (tertiary/aromatic N) is 1. The average Bonchev–Trinajstić information content (AvgIpc) is 2.27. The van der Waals surface area contributed by atoms with Gasteiger partial charge in [0, 0.05) is 30.6 Å². The molecule has 0 spiro atoms. The first kappa shape index (κ1) is 15.5. The molecule has 1 aliphatic heterocycles. The predicted molar refractivity (Wildman–Crippen MR) is 76.5 cm³/mol. The molecule has 0 aromatic heterocycles. The van der Waals surface area contributed by atoms with Crippen LogP contribution in [0.5, 0.6) is 0 Å². The zero-order chi connectivity index (χ0) is 13.9. The summed E-state index contributed by atoms with van der Waals surface area (Å²) in [4.78, 5) is 14.6. The van der Waals surface area contributed by atoms with Crippen LogP contribution in [-0.2, 0) is 4.79 Å². The van der Waals surface area contributed by atoms with Crippen LogP contribution in [0.3, 0.4) is 0 Å². The van der Waals surface area contributed by atoms with Gasteiger partial charge in [-0.3, -0.25) is 4.79 Å². The fourth-order valence-electron chi connectivity index (χ4n) is 2.37. The van der Waals surface area contributed by atoms with E-state index >= 15 is 0 Å². The molecule has 3 heteroatoms. The lowest BCUT2D eigenvalue weighted by molar-refractivity contribution is -0.128. The van der Waals surface area contributed by atoms with Gasteiger partial charge in [0.15, 0.2) is 0 Å². The molecule has 0 aromatic rings. The van der Waals surface area contributed by atoms with Gasteiger partial charge in [-0.1, -0.05) is 20.8 Å². The summed E-state index contributed by atoms with van der Waals surface area (Å²) in [6.45, 7) is 15.1. The van der Waals surface area contributed by atoms with Crippen molar-refractivity contribution in [2.45, 2.75) is 66.0 Å². The second kappa shape index (κ2) is 6.05. The Morgan fingerprint density at radius 3 is 2.00 bits per heavy atom. The van der Waals surface area contributed by atoms with Gasteiger partial charge in [-0.2, -0.15) is 0 Å². The third kappa shape index (κ3) is 3.98.